The lowest BCUT2D eigenvalue weighted by atomic mass is 10.0. The number of likely N-dealkylation sites (tertiary alicyclic amines) is 1. The van der Waals surface area contributed by atoms with E-state index < -0.39 is 11.1 Å². The van der Waals surface area contributed by atoms with Crippen molar-refractivity contribution in [2.45, 2.75) is 18.9 Å². The molecule has 1 amide bonds. The monoisotopic (exact) mass is 408 g/mol. The van der Waals surface area contributed by atoms with Gasteiger partial charge in [-0.3, -0.25) is 19.3 Å². The number of methoxy groups -OCH3 is 1. The van der Waals surface area contributed by atoms with Crippen LogP contribution in [0.15, 0.2) is 52.1 Å². The molecule has 0 bridgehead atoms. The predicted octanol–water partition coefficient (Wildman–Crippen LogP) is 1.79. The zero-order chi connectivity index (χ0) is 21.1. The number of rotatable bonds is 6. The first-order chi connectivity index (χ1) is 14.5. The van der Waals surface area contributed by atoms with Gasteiger partial charge in [0.25, 0.3) is 5.91 Å². The van der Waals surface area contributed by atoms with Crippen molar-refractivity contribution in [3.8, 4) is 5.75 Å². The Bertz CT molecular complexity index is 1180. The van der Waals surface area contributed by atoms with Crippen molar-refractivity contribution in [2.75, 3.05) is 26.7 Å². The van der Waals surface area contributed by atoms with Crippen LogP contribution in [0.1, 0.15) is 34.8 Å². The molecule has 0 radical (unpaired) electrons. The number of aromatic nitrogens is 2. The lowest BCUT2D eigenvalue weighted by Gasteiger charge is -2.28. The third-order valence-electron chi connectivity index (χ3n) is 5.50. The number of fused-ring (bicyclic) bond motifs is 1. The summed E-state index contributed by atoms with van der Waals surface area (Å²) in [4.78, 5) is 43.2. The average Bonchev–Trinajstić information content (AvgIpc) is 3.29. The third kappa shape index (κ3) is 4.13. The second kappa shape index (κ2) is 8.54. The summed E-state index contributed by atoms with van der Waals surface area (Å²) < 4.78 is 5.36. The van der Waals surface area contributed by atoms with E-state index in [-0.39, 0.29) is 11.9 Å². The van der Waals surface area contributed by atoms with E-state index in [4.69, 9.17) is 4.74 Å². The van der Waals surface area contributed by atoms with Crippen molar-refractivity contribution in [3.05, 3.63) is 74.3 Å². The summed E-state index contributed by atoms with van der Waals surface area (Å²) in [6.07, 6.45) is 2.29. The number of aromatic amines is 2. The molecular weight excluding hydrogens is 384 g/mol. The van der Waals surface area contributed by atoms with Gasteiger partial charge in [-0.25, -0.2) is 0 Å². The van der Waals surface area contributed by atoms with Crippen LogP contribution in [-0.4, -0.2) is 47.5 Å². The van der Waals surface area contributed by atoms with Gasteiger partial charge >= 0.3 is 11.1 Å². The van der Waals surface area contributed by atoms with Crippen molar-refractivity contribution in [1.29, 1.82) is 0 Å². The van der Waals surface area contributed by atoms with E-state index in [1.165, 1.54) is 0 Å². The molecule has 3 aromatic rings. The largest absolute Gasteiger partial charge is 0.497 e. The highest BCUT2D eigenvalue weighted by atomic mass is 16.5. The fourth-order valence-electron chi connectivity index (χ4n) is 3.91. The van der Waals surface area contributed by atoms with Crippen LogP contribution in [0.3, 0.4) is 0 Å². The Hall–Kier alpha value is -3.39. The average molecular weight is 408 g/mol. The lowest BCUT2D eigenvalue weighted by molar-refractivity contribution is 0.0938. The Labute approximate surface area is 172 Å². The van der Waals surface area contributed by atoms with E-state index in [1.54, 1.807) is 25.3 Å². The molecule has 1 saturated heterocycles. The highest BCUT2D eigenvalue weighted by Crippen LogP contribution is 2.27. The number of carbonyl (C=O) groups is 1. The summed E-state index contributed by atoms with van der Waals surface area (Å²) in [7, 11) is 1.64. The van der Waals surface area contributed by atoms with Gasteiger partial charge in [0.05, 0.1) is 24.2 Å². The van der Waals surface area contributed by atoms with Gasteiger partial charge in [0.2, 0.25) is 0 Å². The zero-order valence-corrected chi connectivity index (χ0v) is 16.7. The van der Waals surface area contributed by atoms with E-state index in [2.05, 4.69) is 26.3 Å². The summed E-state index contributed by atoms with van der Waals surface area (Å²) >= 11 is 0. The molecule has 8 nitrogen and oxygen atoms in total. The molecule has 0 aliphatic carbocycles. The Morgan fingerprint density at radius 3 is 2.53 bits per heavy atom. The molecule has 1 aliphatic heterocycles. The highest BCUT2D eigenvalue weighted by molar-refractivity contribution is 5.97. The molecule has 1 aromatic heterocycles. The fourth-order valence-corrected chi connectivity index (χ4v) is 3.91. The summed E-state index contributed by atoms with van der Waals surface area (Å²) in [6, 6.07) is 12.8. The van der Waals surface area contributed by atoms with E-state index in [9.17, 15) is 14.4 Å². The molecule has 8 heteroatoms. The smallest absolute Gasteiger partial charge is 0.314 e. The first-order valence-electron chi connectivity index (χ1n) is 9.98. The predicted molar refractivity (Wildman–Crippen MR) is 114 cm³/mol. The summed E-state index contributed by atoms with van der Waals surface area (Å²) in [5.41, 5.74) is 0.935. The molecule has 0 saturated carbocycles. The van der Waals surface area contributed by atoms with Gasteiger partial charge in [0.15, 0.2) is 0 Å². The minimum absolute atomic E-state index is 0.0446. The van der Waals surface area contributed by atoms with Gasteiger partial charge < -0.3 is 20.0 Å². The number of nitrogens with one attached hydrogen (secondary N) is 3. The number of amides is 1. The lowest BCUT2D eigenvalue weighted by Crippen LogP contribution is -2.36. The van der Waals surface area contributed by atoms with Crippen molar-refractivity contribution in [1.82, 2.24) is 20.2 Å². The molecule has 4 rings (SSSR count). The molecular formula is C22H24N4O4. The van der Waals surface area contributed by atoms with E-state index in [1.807, 2.05) is 18.2 Å². The van der Waals surface area contributed by atoms with Crippen molar-refractivity contribution < 1.29 is 9.53 Å². The minimum Gasteiger partial charge on any atom is -0.497 e. The number of benzene rings is 2. The molecule has 0 spiro atoms. The molecule has 2 heterocycles. The van der Waals surface area contributed by atoms with Crippen LogP contribution in [0.25, 0.3) is 11.0 Å². The third-order valence-corrected chi connectivity index (χ3v) is 5.50. The van der Waals surface area contributed by atoms with Crippen molar-refractivity contribution >= 4 is 16.9 Å². The first kappa shape index (κ1) is 19.9. The highest BCUT2D eigenvalue weighted by Gasteiger charge is 2.24. The number of hydrogen-bond acceptors (Lipinski definition) is 5. The quantitative estimate of drug-likeness (QED) is 0.539. The van der Waals surface area contributed by atoms with E-state index in [0.717, 1.165) is 37.2 Å². The maximum absolute atomic E-state index is 12.8. The van der Waals surface area contributed by atoms with Gasteiger partial charge in [0, 0.05) is 12.1 Å². The Balaban J connectivity index is 1.54. The van der Waals surface area contributed by atoms with E-state index >= 15 is 0 Å². The molecule has 30 heavy (non-hydrogen) atoms. The van der Waals surface area contributed by atoms with Crippen LogP contribution in [0.5, 0.6) is 5.75 Å². The molecule has 3 N–H and O–H groups in total. The number of H-pyrrole nitrogens is 2. The van der Waals surface area contributed by atoms with Gasteiger partial charge in [0.1, 0.15) is 5.75 Å². The maximum Gasteiger partial charge on any atom is 0.314 e. The molecule has 1 aliphatic rings. The number of hydrogen-bond donors (Lipinski definition) is 3. The normalized spacial score (nSPS) is 15.2. The number of carbonyl (C=O) groups excluding carboxylic acids is 1. The van der Waals surface area contributed by atoms with E-state index in [0.29, 0.717) is 23.1 Å². The van der Waals surface area contributed by atoms with Gasteiger partial charge in [-0.15, -0.1) is 0 Å². The molecule has 156 valence electrons. The van der Waals surface area contributed by atoms with Crippen LogP contribution >= 0.6 is 0 Å². The molecule has 1 unspecified atom stereocenters. The van der Waals surface area contributed by atoms with Crippen LogP contribution in [0, 0.1) is 0 Å². The fraction of sp³-hybridized carbons (Fsp3) is 0.318. The van der Waals surface area contributed by atoms with Crippen LogP contribution in [0.4, 0.5) is 0 Å². The van der Waals surface area contributed by atoms with Crippen LogP contribution in [-0.2, 0) is 0 Å². The zero-order valence-electron chi connectivity index (χ0n) is 16.7. The standard InChI is InChI=1S/C22H24N4O4/c1-30-16-6-4-5-14(11-16)19(26-9-2-3-10-26)13-23-20(27)15-7-8-17-18(12-15)25-22(29)21(28)24-17/h4-8,11-12,19H,2-3,9-10,13H2,1H3,(H,23,27)(H,24,28)(H,25,29). The van der Waals surface area contributed by atoms with Crippen molar-refractivity contribution in [2.24, 2.45) is 0 Å². The molecule has 2 aromatic carbocycles. The second-order valence-electron chi connectivity index (χ2n) is 7.41. The van der Waals surface area contributed by atoms with Crippen LogP contribution < -0.4 is 21.2 Å². The SMILES string of the molecule is COc1cccc(C(CNC(=O)c2ccc3[nH]c(=O)c(=O)[nH]c3c2)N2CCCC2)c1. The summed E-state index contributed by atoms with van der Waals surface area (Å²) in [5.74, 6) is 0.548. The van der Waals surface area contributed by atoms with Gasteiger partial charge in [-0.1, -0.05) is 12.1 Å². The molecule has 1 fully saturated rings. The summed E-state index contributed by atoms with van der Waals surface area (Å²) in [5, 5.41) is 3.02. The Morgan fingerprint density at radius 1 is 1.07 bits per heavy atom. The summed E-state index contributed by atoms with van der Waals surface area (Å²) in [6.45, 7) is 2.43. The molecule has 1 atom stereocenters. The van der Waals surface area contributed by atoms with Gasteiger partial charge in [-0.05, 0) is 61.8 Å². The van der Waals surface area contributed by atoms with Gasteiger partial charge in [-0.2, -0.15) is 0 Å². The topological polar surface area (TPSA) is 107 Å². The van der Waals surface area contributed by atoms with Crippen LogP contribution in [0.2, 0.25) is 0 Å². The maximum atomic E-state index is 12.8. The van der Waals surface area contributed by atoms with Crippen molar-refractivity contribution in [3.63, 3.8) is 0 Å². The first-order valence-corrected chi connectivity index (χ1v) is 9.98. The second-order valence-corrected chi connectivity index (χ2v) is 7.41. The number of ether oxygens (including phenoxy) is 1. The number of nitrogens with zero attached hydrogens (tertiary/aromatic N) is 1. The minimum atomic E-state index is -0.743. The Morgan fingerprint density at radius 2 is 1.80 bits per heavy atom. The Kier molecular flexibility index (Phi) is 5.67.